The molecule has 0 spiro atoms. The third-order valence-corrected chi connectivity index (χ3v) is 10.8. The summed E-state index contributed by atoms with van der Waals surface area (Å²) in [5.74, 6) is 1.41. The van der Waals surface area contributed by atoms with Crippen LogP contribution < -0.4 is 5.32 Å². The molecule has 0 aromatic carbocycles. The van der Waals surface area contributed by atoms with Crippen LogP contribution >= 0.6 is 0 Å². The number of carbonyl (C=O) groups excluding carboxylic acids is 1. The highest BCUT2D eigenvalue weighted by Gasteiger charge is 2.32. The van der Waals surface area contributed by atoms with E-state index in [9.17, 15) is 4.79 Å². The lowest BCUT2D eigenvalue weighted by atomic mass is 9.89. The van der Waals surface area contributed by atoms with Crippen LogP contribution in [0.4, 0.5) is 10.6 Å². The first-order valence-electron chi connectivity index (χ1n) is 16.4. The number of nitrogens with one attached hydrogen (secondary N) is 1. The van der Waals surface area contributed by atoms with E-state index in [-0.39, 0.29) is 6.09 Å². The third kappa shape index (κ3) is 8.70. The first kappa shape index (κ1) is 32.2. The highest BCUT2D eigenvalue weighted by atomic mass is 28.3. The first-order chi connectivity index (χ1) is 20.5. The maximum atomic E-state index is 12.5. The number of fused-ring (bicyclic) bond motifs is 1. The Balaban J connectivity index is 1.21. The molecule has 2 aliphatic heterocycles. The molecule has 2 aromatic heterocycles. The van der Waals surface area contributed by atoms with E-state index in [1.165, 1.54) is 5.56 Å². The number of aromatic nitrogens is 3. The van der Waals surface area contributed by atoms with Crippen molar-refractivity contribution < 1.29 is 19.0 Å². The van der Waals surface area contributed by atoms with Gasteiger partial charge in [0, 0.05) is 72.4 Å². The summed E-state index contributed by atoms with van der Waals surface area (Å²) in [6.07, 6.45) is 10.3. The fraction of sp³-hybridized carbons (Fsp3) is 0.781. The summed E-state index contributed by atoms with van der Waals surface area (Å²) in [7, 11) is -1.14. The van der Waals surface area contributed by atoms with Crippen molar-refractivity contribution in [3.63, 3.8) is 0 Å². The summed E-state index contributed by atoms with van der Waals surface area (Å²) in [4.78, 5) is 26.5. The number of carbonyl (C=O) groups is 1. The number of ether oxygens (including phenoxy) is 3. The van der Waals surface area contributed by atoms with E-state index in [0.29, 0.717) is 24.7 Å². The van der Waals surface area contributed by atoms with Crippen LogP contribution in [0.1, 0.15) is 70.8 Å². The molecule has 1 N–H and O–H groups in total. The zero-order valence-corrected chi connectivity index (χ0v) is 28.4. The SMILES string of the molecule is CC(C)(C)OC(=O)N1CCN([C@H]2CC[C@H](Nc3ncnc4c3c(C3CCOCC3)cn4COCC[Si](C)(C)C)CC2)CC1. The van der Waals surface area contributed by atoms with Gasteiger partial charge in [0.25, 0.3) is 0 Å². The van der Waals surface area contributed by atoms with Crippen LogP contribution in [0.2, 0.25) is 25.7 Å². The lowest BCUT2D eigenvalue weighted by molar-refractivity contribution is 0.00806. The van der Waals surface area contributed by atoms with Gasteiger partial charge in [0.2, 0.25) is 0 Å². The molecule has 0 atom stereocenters. The molecule has 0 bridgehead atoms. The van der Waals surface area contributed by atoms with Crippen molar-refractivity contribution in [3.05, 3.63) is 18.1 Å². The Morgan fingerprint density at radius 1 is 1.02 bits per heavy atom. The van der Waals surface area contributed by atoms with Gasteiger partial charge in [-0.3, -0.25) is 4.90 Å². The second-order valence-electron chi connectivity index (χ2n) is 14.9. The van der Waals surface area contributed by atoms with Crippen LogP contribution in [0.15, 0.2) is 12.5 Å². The van der Waals surface area contributed by atoms with Gasteiger partial charge in [0.05, 0.1) is 5.39 Å². The quantitative estimate of drug-likeness (QED) is 0.275. The monoisotopic (exact) mass is 614 g/mol. The average molecular weight is 615 g/mol. The van der Waals surface area contributed by atoms with Gasteiger partial charge in [-0.1, -0.05) is 19.6 Å². The largest absolute Gasteiger partial charge is 0.444 e. The zero-order chi connectivity index (χ0) is 30.6. The van der Waals surface area contributed by atoms with E-state index >= 15 is 0 Å². The van der Waals surface area contributed by atoms with E-state index in [2.05, 4.69) is 40.6 Å². The molecule has 10 nitrogen and oxygen atoms in total. The number of hydrogen-bond acceptors (Lipinski definition) is 8. The van der Waals surface area contributed by atoms with Crippen LogP contribution in [0.5, 0.6) is 0 Å². The Kier molecular flexibility index (Phi) is 10.4. The Morgan fingerprint density at radius 3 is 2.37 bits per heavy atom. The first-order valence-corrected chi connectivity index (χ1v) is 20.2. The Morgan fingerprint density at radius 2 is 1.72 bits per heavy atom. The molecule has 0 unspecified atom stereocenters. The molecular formula is C32H54N6O4Si. The third-order valence-electron chi connectivity index (χ3n) is 9.09. The molecule has 1 aliphatic carbocycles. The maximum Gasteiger partial charge on any atom is 0.410 e. The second kappa shape index (κ2) is 13.8. The van der Waals surface area contributed by atoms with E-state index in [4.69, 9.17) is 24.2 Å². The van der Waals surface area contributed by atoms with Crippen LogP contribution in [-0.4, -0.2) is 102 Å². The molecule has 1 saturated carbocycles. The van der Waals surface area contributed by atoms with Crippen molar-refractivity contribution in [2.24, 2.45) is 0 Å². The topological polar surface area (TPSA) is 94.0 Å². The van der Waals surface area contributed by atoms with Crippen molar-refractivity contribution in [2.75, 3.05) is 51.3 Å². The Bertz CT molecular complexity index is 1200. The van der Waals surface area contributed by atoms with E-state index < -0.39 is 13.7 Å². The number of nitrogens with zero attached hydrogens (tertiary/aromatic N) is 5. The molecule has 2 saturated heterocycles. The minimum absolute atomic E-state index is 0.191. The molecular weight excluding hydrogens is 560 g/mol. The molecule has 3 aliphatic rings. The van der Waals surface area contributed by atoms with Gasteiger partial charge >= 0.3 is 6.09 Å². The van der Waals surface area contributed by atoms with Crippen molar-refractivity contribution in [3.8, 4) is 0 Å². The lowest BCUT2D eigenvalue weighted by Gasteiger charge is -2.42. The molecule has 1 amide bonds. The van der Waals surface area contributed by atoms with E-state index in [1.807, 2.05) is 25.7 Å². The van der Waals surface area contributed by atoms with Gasteiger partial charge in [0.15, 0.2) is 0 Å². The second-order valence-corrected chi connectivity index (χ2v) is 20.5. The molecule has 11 heteroatoms. The van der Waals surface area contributed by atoms with Crippen molar-refractivity contribution >= 4 is 31.0 Å². The van der Waals surface area contributed by atoms with E-state index in [1.54, 1.807) is 6.33 Å². The predicted octanol–water partition coefficient (Wildman–Crippen LogP) is 5.91. The Labute approximate surface area is 258 Å². The maximum absolute atomic E-state index is 12.5. The minimum Gasteiger partial charge on any atom is -0.444 e. The Hall–Kier alpha value is -2.21. The number of hydrogen-bond donors (Lipinski definition) is 1. The molecule has 0 radical (unpaired) electrons. The zero-order valence-electron chi connectivity index (χ0n) is 27.4. The van der Waals surface area contributed by atoms with Crippen molar-refractivity contribution in [2.45, 2.75) is 115 Å². The smallest absolute Gasteiger partial charge is 0.410 e. The standard InChI is InChI=1S/C32H54N6O4Si/c1-32(2,3)42-31(39)37-15-13-36(14-16-37)26-9-7-25(8-10-26)35-29-28-27(24-11-17-40-18-12-24)21-38(30(28)34-22-33-29)23-41-19-20-43(4,5)6/h21-22,24-26H,7-20,23H2,1-6H3,(H,33,34,35)/t25-,26-. The van der Waals surface area contributed by atoms with Crippen LogP contribution in [0.3, 0.4) is 0 Å². The van der Waals surface area contributed by atoms with Crippen LogP contribution in [0, 0.1) is 0 Å². The van der Waals surface area contributed by atoms with Crippen LogP contribution in [-0.2, 0) is 20.9 Å². The van der Waals surface area contributed by atoms with Gasteiger partial charge in [-0.2, -0.15) is 0 Å². The summed E-state index contributed by atoms with van der Waals surface area (Å²) >= 11 is 0. The molecule has 4 heterocycles. The summed E-state index contributed by atoms with van der Waals surface area (Å²) in [5.41, 5.74) is 1.83. The predicted molar refractivity (Wildman–Crippen MR) is 173 cm³/mol. The van der Waals surface area contributed by atoms with Gasteiger partial charge in [-0.15, -0.1) is 0 Å². The number of amides is 1. The highest BCUT2D eigenvalue weighted by molar-refractivity contribution is 6.76. The summed E-state index contributed by atoms with van der Waals surface area (Å²) in [6.45, 7) is 19.1. The summed E-state index contributed by atoms with van der Waals surface area (Å²) < 4.78 is 19.6. The van der Waals surface area contributed by atoms with Gasteiger partial charge in [-0.25, -0.2) is 14.8 Å². The van der Waals surface area contributed by atoms with Crippen molar-refractivity contribution in [1.82, 2.24) is 24.3 Å². The molecule has 2 aromatic rings. The van der Waals surface area contributed by atoms with Crippen molar-refractivity contribution in [1.29, 1.82) is 0 Å². The molecule has 5 rings (SSSR count). The van der Waals surface area contributed by atoms with Gasteiger partial charge in [0.1, 0.15) is 30.1 Å². The number of piperazine rings is 1. The normalized spacial score (nSPS) is 23.1. The molecule has 43 heavy (non-hydrogen) atoms. The van der Waals surface area contributed by atoms with Crippen LogP contribution in [0.25, 0.3) is 11.0 Å². The van der Waals surface area contributed by atoms with E-state index in [0.717, 1.165) is 107 Å². The van der Waals surface area contributed by atoms with Gasteiger partial charge < -0.3 is 29.0 Å². The molecule has 3 fully saturated rings. The fourth-order valence-corrected chi connectivity index (χ4v) is 7.35. The highest BCUT2D eigenvalue weighted by Crippen LogP contribution is 2.37. The lowest BCUT2D eigenvalue weighted by Crippen LogP contribution is -2.53. The number of anilines is 1. The average Bonchev–Trinajstić information content (AvgIpc) is 3.34. The number of rotatable bonds is 9. The fourth-order valence-electron chi connectivity index (χ4n) is 6.60. The van der Waals surface area contributed by atoms with Gasteiger partial charge in [-0.05, 0) is 76.8 Å². The summed E-state index contributed by atoms with van der Waals surface area (Å²) in [6, 6.07) is 2.11. The summed E-state index contributed by atoms with van der Waals surface area (Å²) in [5, 5.41) is 5.01. The molecule has 240 valence electrons. The minimum atomic E-state index is -1.14.